The van der Waals surface area contributed by atoms with E-state index in [2.05, 4.69) is 20.7 Å². The second-order valence-corrected chi connectivity index (χ2v) is 6.95. The van der Waals surface area contributed by atoms with Crippen LogP contribution < -0.4 is 4.72 Å². The Hall–Kier alpha value is -1.15. The van der Waals surface area contributed by atoms with Crippen LogP contribution in [0.3, 0.4) is 0 Å². The van der Waals surface area contributed by atoms with Crippen molar-refractivity contribution in [3.63, 3.8) is 0 Å². The van der Waals surface area contributed by atoms with Gasteiger partial charge in [-0.25, -0.2) is 13.1 Å². The predicted octanol–water partition coefficient (Wildman–Crippen LogP) is 2.36. The van der Waals surface area contributed by atoms with E-state index in [0.29, 0.717) is 11.5 Å². The van der Waals surface area contributed by atoms with Gasteiger partial charge >= 0.3 is 0 Å². The van der Waals surface area contributed by atoms with E-state index >= 15 is 0 Å². The third-order valence-corrected chi connectivity index (χ3v) is 4.65. The van der Waals surface area contributed by atoms with Crippen LogP contribution in [0.25, 0.3) is 0 Å². The molecule has 2 rings (SSSR count). The van der Waals surface area contributed by atoms with Crippen molar-refractivity contribution >= 4 is 26.0 Å². The topological polar surface area (TPSA) is 79.5 Å². The van der Waals surface area contributed by atoms with E-state index in [1.165, 1.54) is 12.1 Å². The van der Waals surface area contributed by atoms with Crippen LogP contribution in [0.15, 0.2) is 50.2 Å². The van der Waals surface area contributed by atoms with Gasteiger partial charge in [0.2, 0.25) is 10.0 Å². The molecule has 0 spiro atoms. The largest absolute Gasteiger partial charge is 0.464 e. The maximum atomic E-state index is 12.0. The van der Waals surface area contributed by atoms with Gasteiger partial charge in [0.25, 0.3) is 0 Å². The van der Waals surface area contributed by atoms with Crippen molar-refractivity contribution in [3.05, 3.63) is 52.4 Å². The van der Waals surface area contributed by atoms with Gasteiger partial charge < -0.3 is 9.52 Å². The van der Waals surface area contributed by atoms with Gasteiger partial charge in [-0.15, -0.1) is 0 Å². The highest BCUT2D eigenvalue weighted by atomic mass is 79.9. The van der Waals surface area contributed by atoms with Crippen LogP contribution in [-0.4, -0.2) is 20.1 Å². The molecule has 0 aliphatic carbocycles. The summed E-state index contributed by atoms with van der Waals surface area (Å²) in [5.41, 5.74) is 0. The Kier molecular flexibility index (Phi) is 4.64. The summed E-state index contributed by atoms with van der Waals surface area (Å²) < 4.78 is 32.4. The van der Waals surface area contributed by atoms with Crippen molar-refractivity contribution in [1.82, 2.24) is 4.72 Å². The molecule has 20 heavy (non-hydrogen) atoms. The molecular weight excluding hydrogens is 346 g/mol. The van der Waals surface area contributed by atoms with Gasteiger partial charge in [-0.05, 0) is 43.3 Å². The molecule has 0 saturated heterocycles. The van der Waals surface area contributed by atoms with E-state index in [9.17, 15) is 13.5 Å². The molecule has 0 amide bonds. The van der Waals surface area contributed by atoms with E-state index < -0.39 is 16.1 Å². The van der Waals surface area contributed by atoms with Crippen molar-refractivity contribution in [1.29, 1.82) is 0 Å². The second-order valence-electron chi connectivity index (χ2n) is 4.27. The lowest BCUT2D eigenvalue weighted by molar-refractivity contribution is 0.152. The maximum absolute atomic E-state index is 12.0. The van der Waals surface area contributed by atoms with Gasteiger partial charge in [0.1, 0.15) is 17.6 Å². The molecule has 0 bridgehead atoms. The average molecular weight is 360 g/mol. The summed E-state index contributed by atoms with van der Waals surface area (Å²) in [4.78, 5) is 0.142. The van der Waals surface area contributed by atoms with Gasteiger partial charge in [0, 0.05) is 11.0 Å². The highest BCUT2D eigenvalue weighted by Gasteiger charge is 2.18. The molecule has 0 radical (unpaired) electrons. The summed E-state index contributed by atoms with van der Waals surface area (Å²) in [6, 6.07) is 9.57. The zero-order valence-electron chi connectivity index (χ0n) is 10.7. The Balaban J connectivity index is 2.04. The molecule has 7 heteroatoms. The first-order valence-corrected chi connectivity index (χ1v) is 8.16. The molecular formula is C13H14BrNO4S. The molecule has 0 fully saturated rings. The molecule has 0 aliphatic rings. The summed E-state index contributed by atoms with van der Waals surface area (Å²) in [5, 5.41) is 9.86. The van der Waals surface area contributed by atoms with Crippen molar-refractivity contribution in [2.45, 2.75) is 17.9 Å². The first-order chi connectivity index (χ1) is 9.38. The minimum absolute atomic E-state index is 0.142. The van der Waals surface area contributed by atoms with Crippen LogP contribution in [0.2, 0.25) is 0 Å². The number of hydrogen-bond acceptors (Lipinski definition) is 4. The summed E-state index contributed by atoms with van der Waals surface area (Å²) in [7, 11) is -3.65. The van der Waals surface area contributed by atoms with Gasteiger partial charge in [0.15, 0.2) is 0 Å². The molecule has 1 unspecified atom stereocenters. The van der Waals surface area contributed by atoms with E-state index in [4.69, 9.17) is 4.42 Å². The number of sulfonamides is 1. The van der Waals surface area contributed by atoms with E-state index in [0.717, 1.165) is 4.47 Å². The molecule has 0 saturated carbocycles. The number of aryl methyl sites for hydroxylation is 1. The van der Waals surface area contributed by atoms with Gasteiger partial charge in [0.05, 0.1) is 4.90 Å². The fourth-order valence-corrected chi connectivity index (χ4v) is 2.92. The van der Waals surface area contributed by atoms with E-state index in [-0.39, 0.29) is 11.4 Å². The summed E-state index contributed by atoms with van der Waals surface area (Å²) in [5.74, 6) is 0.996. The van der Waals surface area contributed by atoms with Crippen LogP contribution in [0.1, 0.15) is 17.6 Å². The smallest absolute Gasteiger partial charge is 0.240 e. The van der Waals surface area contributed by atoms with Crippen LogP contribution in [0.4, 0.5) is 0 Å². The molecule has 2 aromatic rings. The second kappa shape index (κ2) is 6.09. The first-order valence-electron chi connectivity index (χ1n) is 5.88. The molecule has 108 valence electrons. The third-order valence-electron chi connectivity index (χ3n) is 2.68. The Morgan fingerprint density at radius 1 is 1.25 bits per heavy atom. The Bertz CT molecular complexity index is 679. The minimum atomic E-state index is -3.65. The average Bonchev–Trinajstić information content (AvgIpc) is 2.83. The van der Waals surface area contributed by atoms with Crippen molar-refractivity contribution in [2.24, 2.45) is 0 Å². The van der Waals surface area contributed by atoms with Crippen molar-refractivity contribution in [2.75, 3.05) is 6.54 Å². The van der Waals surface area contributed by atoms with Crippen LogP contribution >= 0.6 is 15.9 Å². The number of rotatable bonds is 5. The first kappa shape index (κ1) is 15.2. The fraction of sp³-hybridized carbons (Fsp3) is 0.231. The van der Waals surface area contributed by atoms with Crippen molar-refractivity contribution in [3.8, 4) is 0 Å². The summed E-state index contributed by atoms with van der Waals surface area (Å²) >= 11 is 3.24. The quantitative estimate of drug-likeness (QED) is 0.858. The van der Waals surface area contributed by atoms with Crippen LogP contribution in [0.5, 0.6) is 0 Å². The van der Waals surface area contributed by atoms with Crippen LogP contribution in [-0.2, 0) is 10.0 Å². The molecule has 0 aliphatic heterocycles. The van der Waals surface area contributed by atoms with Gasteiger partial charge in [-0.3, -0.25) is 0 Å². The molecule has 1 atom stereocenters. The number of aliphatic hydroxyl groups excluding tert-OH is 1. The number of nitrogens with one attached hydrogen (secondary N) is 1. The minimum Gasteiger partial charge on any atom is -0.464 e. The Morgan fingerprint density at radius 3 is 2.45 bits per heavy atom. The fourth-order valence-electron chi connectivity index (χ4n) is 1.62. The molecule has 1 heterocycles. The Morgan fingerprint density at radius 2 is 1.90 bits per heavy atom. The summed E-state index contributed by atoms with van der Waals surface area (Å²) in [6.45, 7) is 1.60. The van der Waals surface area contributed by atoms with Crippen molar-refractivity contribution < 1.29 is 17.9 Å². The molecule has 1 aromatic carbocycles. The SMILES string of the molecule is Cc1ccc(C(O)CNS(=O)(=O)c2ccc(Br)cc2)o1. The molecule has 2 N–H and O–H groups in total. The van der Waals surface area contributed by atoms with Gasteiger partial charge in [-0.2, -0.15) is 0 Å². The maximum Gasteiger partial charge on any atom is 0.240 e. The lowest BCUT2D eigenvalue weighted by Gasteiger charge is -2.10. The lowest BCUT2D eigenvalue weighted by atomic mass is 10.3. The number of hydrogen-bond donors (Lipinski definition) is 2. The number of halogens is 1. The number of furan rings is 1. The number of aliphatic hydroxyl groups is 1. The Labute approximate surface area is 125 Å². The standard InChI is InChI=1S/C13H14BrNO4S/c1-9-2-7-13(19-9)12(16)8-15-20(17,18)11-5-3-10(14)4-6-11/h2-7,12,15-16H,8H2,1H3. The monoisotopic (exact) mass is 359 g/mol. The molecule has 5 nitrogen and oxygen atoms in total. The third kappa shape index (κ3) is 3.69. The van der Waals surface area contributed by atoms with E-state index in [1.54, 1.807) is 31.2 Å². The number of benzene rings is 1. The predicted molar refractivity (Wildman–Crippen MR) is 77.7 cm³/mol. The van der Waals surface area contributed by atoms with Gasteiger partial charge in [-0.1, -0.05) is 15.9 Å². The zero-order valence-corrected chi connectivity index (χ0v) is 13.1. The highest BCUT2D eigenvalue weighted by Crippen LogP contribution is 2.17. The normalized spacial score (nSPS) is 13.3. The zero-order chi connectivity index (χ0) is 14.8. The van der Waals surface area contributed by atoms with E-state index in [1.807, 2.05) is 0 Å². The lowest BCUT2D eigenvalue weighted by Crippen LogP contribution is -2.28. The summed E-state index contributed by atoms with van der Waals surface area (Å²) in [6.07, 6.45) is -1.02. The van der Waals surface area contributed by atoms with Crippen LogP contribution in [0, 0.1) is 6.92 Å². The highest BCUT2D eigenvalue weighted by molar-refractivity contribution is 9.10. The molecule has 1 aromatic heterocycles.